The molecule has 1 unspecified atom stereocenters. The quantitative estimate of drug-likeness (QED) is 0.697. The molecule has 0 aliphatic rings. The fraction of sp³-hybridized carbons (Fsp3) is 0.250. The van der Waals surface area contributed by atoms with Crippen molar-refractivity contribution in [2.24, 2.45) is 0 Å². The Morgan fingerprint density at radius 1 is 1.15 bits per heavy atom. The minimum Gasteiger partial charge on any atom is -0.497 e. The van der Waals surface area contributed by atoms with Gasteiger partial charge >= 0.3 is 5.69 Å². The van der Waals surface area contributed by atoms with Crippen molar-refractivity contribution < 1.29 is 9.53 Å². The van der Waals surface area contributed by atoms with Gasteiger partial charge in [0.15, 0.2) is 0 Å². The number of carbonyl (C=O) groups is 1. The summed E-state index contributed by atoms with van der Waals surface area (Å²) in [7, 11) is 1.59. The van der Waals surface area contributed by atoms with Crippen molar-refractivity contribution in [1.82, 2.24) is 14.9 Å². The molecule has 0 saturated heterocycles. The Labute approximate surface area is 155 Å². The van der Waals surface area contributed by atoms with Gasteiger partial charge < -0.3 is 15.0 Å². The van der Waals surface area contributed by atoms with E-state index in [1.165, 1.54) is 0 Å². The summed E-state index contributed by atoms with van der Waals surface area (Å²) in [6.45, 7) is 1.61. The molecule has 0 fully saturated rings. The summed E-state index contributed by atoms with van der Waals surface area (Å²) in [5.41, 5.74) is 0.286. The molecule has 1 heterocycles. The van der Waals surface area contributed by atoms with Crippen LogP contribution < -0.4 is 21.3 Å². The van der Waals surface area contributed by atoms with Crippen molar-refractivity contribution in [2.75, 3.05) is 7.11 Å². The Bertz CT molecular complexity index is 1070. The molecule has 7 nitrogen and oxygen atoms in total. The molecule has 0 saturated carbocycles. The highest BCUT2D eigenvalue weighted by atomic mass is 16.5. The van der Waals surface area contributed by atoms with Gasteiger partial charge in [0.25, 0.3) is 5.56 Å². The smallest absolute Gasteiger partial charge is 0.329 e. The van der Waals surface area contributed by atoms with Gasteiger partial charge in [0.1, 0.15) is 12.3 Å². The van der Waals surface area contributed by atoms with E-state index < -0.39 is 17.2 Å². The molecule has 0 bridgehead atoms. The van der Waals surface area contributed by atoms with Gasteiger partial charge in [0.05, 0.1) is 24.1 Å². The molecular formula is C20H21N3O4. The summed E-state index contributed by atoms with van der Waals surface area (Å²) < 4.78 is 6.06. The van der Waals surface area contributed by atoms with Gasteiger partial charge in [-0.2, -0.15) is 0 Å². The van der Waals surface area contributed by atoms with Crippen LogP contribution in [0.4, 0.5) is 0 Å². The Balaban J connectivity index is 1.81. The third-order valence-electron chi connectivity index (χ3n) is 4.45. The number of ether oxygens (including phenoxy) is 1. The second-order valence-corrected chi connectivity index (χ2v) is 6.17. The summed E-state index contributed by atoms with van der Waals surface area (Å²) in [5, 5.41) is 3.25. The molecule has 27 heavy (non-hydrogen) atoms. The zero-order chi connectivity index (χ0) is 19.4. The fourth-order valence-electron chi connectivity index (χ4n) is 2.98. The number of carbonyl (C=O) groups excluding carboxylic acids is 1. The van der Waals surface area contributed by atoms with Crippen LogP contribution in [0, 0.1) is 0 Å². The van der Waals surface area contributed by atoms with Crippen LogP contribution in [0.1, 0.15) is 24.9 Å². The summed E-state index contributed by atoms with van der Waals surface area (Å²) in [4.78, 5) is 39.8. The standard InChI is InChI=1S/C20H21N3O4/c1-3-16(13-8-10-14(27-2)11-9-13)21-18(24)12-23-19(25)15-6-4-5-7-17(15)22-20(23)26/h4-11,16H,3,12H2,1-2H3,(H,21,24)(H,22,26). The number of rotatable bonds is 6. The molecule has 140 valence electrons. The zero-order valence-electron chi connectivity index (χ0n) is 15.2. The summed E-state index contributed by atoms with van der Waals surface area (Å²) in [5.74, 6) is 0.328. The highest BCUT2D eigenvalue weighted by Gasteiger charge is 2.16. The number of nitrogens with zero attached hydrogens (tertiary/aromatic N) is 1. The molecule has 0 radical (unpaired) electrons. The molecule has 0 spiro atoms. The number of hydrogen-bond donors (Lipinski definition) is 2. The number of para-hydroxylation sites is 1. The van der Waals surface area contributed by atoms with E-state index in [2.05, 4.69) is 10.3 Å². The van der Waals surface area contributed by atoms with Gasteiger partial charge in [0.2, 0.25) is 5.91 Å². The number of aromatic nitrogens is 2. The predicted octanol–water partition coefficient (Wildman–Crippen LogP) is 1.97. The molecule has 1 amide bonds. The minimum absolute atomic E-state index is 0.223. The molecular weight excluding hydrogens is 346 g/mol. The Morgan fingerprint density at radius 3 is 2.52 bits per heavy atom. The average Bonchev–Trinajstić information content (AvgIpc) is 2.69. The van der Waals surface area contributed by atoms with Gasteiger partial charge in [-0.1, -0.05) is 31.2 Å². The van der Waals surface area contributed by atoms with Gasteiger partial charge in [-0.25, -0.2) is 4.79 Å². The van der Waals surface area contributed by atoms with E-state index in [0.717, 1.165) is 15.9 Å². The molecule has 1 aromatic heterocycles. The van der Waals surface area contributed by atoms with Crippen LogP contribution in [0.15, 0.2) is 58.1 Å². The van der Waals surface area contributed by atoms with Crippen LogP contribution in [0.25, 0.3) is 10.9 Å². The van der Waals surface area contributed by atoms with Crippen molar-refractivity contribution in [3.63, 3.8) is 0 Å². The number of H-pyrrole nitrogens is 1. The van der Waals surface area contributed by atoms with Gasteiger partial charge in [-0.05, 0) is 36.2 Å². The lowest BCUT2D eigenvalue weighted by atomic mass is 10.0. The van der Waals surface area contributed by atoms with Crippen LogP contribution >= 0.6 is 0 Å². The first-order valence-electron chi connectivity index (χ1n) is 8.68. The maximum Gasteiger partial charge on any atom is 0.329 e. The van der Waals surface area contributed by atoms with Crippen LogP contribution in [0.3, 0.4) is 0 Å². The lowest BCUT2D eigenvalue weighted by Gasteiger charge is -2.18. The first-order valence-corrected chi connectivity index (χ1v) is 8.68. The molecule has 2 N–H and O–H groups in total. The minimum atomic E-state index is -0.605. The van der Waals surface area contributed by atoms with Crippen molar-refractivity contribution in [3.05, 3.63) is 74.9 Å². The number of aromatic amines is 1. The SMILES string of the molecule is CCC(NC(=O)Cn1c(=O)[nH]c2ccccc2c1=O)c1ccc(OC)cc1. The number of methoxy groups -OCH3 is 1. The van der Waals surface area contributed by atoms with Gasteiger partial charge in [0, 0.05) is 0 Å². The summed E-state index contributed by atoms with van der Waals surface area (Å²) in [6, 6.07) is 13.9. The maximum atomic E-state index is 12.5. The van der Waals surface area contributed by atoms with Crippen LogP contribution in [-0.2, 0) is 11.3 Å². The van der Waals surface area contributed by atoms with E-state index in [-0.39, 0.29) is 12.6 Å². The third kappa shape index (κ3) is 3.92. The number of hydrogen-bond acceptors (Lipinski definition) is 4. The molecule has 3 rings (SSSR count). The first kappa shape index (κ1) is 18.4. The molecule has 1 atom stereocenters. The van der Waals surface area contributed by atoms with Crippen molar-refractivity contribution in [3.8, 4) is 5.75 Å². The molecule has 0 aliphatic carbocycles. The monoisotopic (exact) mass is 367 g/mol. The average molecular weight is 367 g/mol. The predicted molar refractivity (Wildman–Crippen MR) is 103 cm³/mol. The third-order valence-corrected chi connectivity index (χ3v) is 4.45. The zero-order valence-corrected chi connectivity index (χ0v) is 15.2. The molecule has 0 aliphatic heterocycles. The first-order chi connectivity index (χ1) is 13.0. The fourth-order valence-corrected chi connectivity index (χ4v) is 2.98. The van der Waals surface area contributed by atoms with Crippen LogP contribution in [0.5, 0.6) is 5.75 Å². The second kappa shape index (κ2) is 7.90. The molecule has 7 heteroatoms. The maximum absolute atomic E-state index is 12.5. The van der Waals surface area contributed by atoms with Crippen LogP contribution in [-0.4, -0.2) is 22.6 Å². The Morgan fingerprint density at radius 2 is 1.85 bits per heavy atom. The number of fused-ring (bicyclic) bond motifs is 1. The normalized spacial score (nSPS) is 11.9. The summed E-state index contributed by atoms with van der Waals surface area (Å²) in [6.07, 6.45) is 0.668. The number of benzene rings is 2. The topological polar surface area (TPSA) is 93.2 Å². The van der Waals surface area contributed by atoms with Gasteiger partial charge in [-0.15, -0.1) is 0 Å². The molecule has 3 aromatic rings. The van der Waals surface area contributed by atoms with E-state index in [0.29, 0.717) is 17.3 Å². The lowest BCUT2D eigenvalue weighted by Crippen LogP contribution is -2.41. The lowest BCUT2D eigenvalue weighted by molar-refractivity contribution is -0.122. The van der Waals surface area contributed by atoms with Crippen molar-refractivity contribution in [1.29, 1.82) is 0 Å². The van der Waals surface area contributed by atoms with E-state index in [1.807, 2.05) is 31.2 Å². The number of amides is 1. The highest BCUT2D eigenvalue weighted by molar-refractivity contribution is 5.79. The number of nitrogens with one attached hydrogen (secondary N) is 2. The highest BCUT2D eigenvalue weighted by Crippen LogP contribution is 2.20. The van der Waals surface area contributed by atoms with E-state index in [9.17, 15) is 14.4 Å². The second-order valence-electron chi connectivity index (χ2n) is 6.17. The van der Waals surface area contributed by atoms with E-state index >= 15 is 0 Å². The van der Waals surface area contributed by atoms with E-state index in [4.69, 9.17) is 4.74 Å². The van der Waals surface area contributed by atoms with Crippen LogP contribution in [0.2, 0.25) is 0 Å². The largest absolute Gasteiger partial charge is 0.497 e. The Kier molecular flexibility index (Phi) is 5.40. The van der Waals surface area contributed by atoms with Crippen molar-refractivity contribution in [2.45, 2.75) is 25.9 Å². The Hall–Kier alpha value is -3.35. The van der Waals surface area contributed by atoms with Crippen molar-refractivity contribution >= 4 is 16.8 Å². The van der Waals surface area contributed by atoms with E-state index in [1.54, 1.807) is 31.4 Å². The summed E-state index contributed by atoms with van der Waals surface area (Å²) >= 11 is 0. The van der Waals surface area contributed by atoms with Gasteiger partial charge in [-0.3, -0.25) is 14.2 Å². The molecule has 2 aromatic carbocycles.